The van der Waals surface area contributed by atoms with Gasteiger partial charge in [0.25, 0.3) is 0 Å². The van der Waals surface area contributed by atoms with E-state index in [2.05, 4.69) is 0 Å². The molecule has 0 atom stereocenters. The van der Waals surface area contributed by atoms with E-state index in [0.717, 1.165) is 12.1 Å². The summed E-state index contributed by atoms with van der Waals surface area (Å²) >= 11 is 0. The minimum absolute atomic E-state index is 0.162. The lowest BCUT2D eigenvalue weighted by Crippen LogP contribution is -2.40. The molecule has 0 aromatic heterocycles. The molecule has 0 saturated heterocycles. The van der Waals surface area contributed by atoms with Gasteiger partial charge in [0.1, 0.15) is 23.2 Å². The Hall–Kier alpha value is -3.34. The summed E-state index contributed by atoms with van der Waals surface area (Å²) < 4.78 is 117. The molecular weight excluding hydrogens is 435 g/mol. The van der Waals surface area contributed by atoms with Crippen LogP contribution in [0.25, 0.3) is 21.5 Å². The van der Waals surface area contributed by atoms with Crippen molar-refractivity contribution < 1.29 is 44.8 Å². The van der Waals surface area contributed by atoms with Gasteiger partial charge < -0.3 is 9.68 Å². The van der Waals surface area contributed by atoms with Gasteiger partial charge in [-0.25, -0.2) is 30.7 Å². The molecule has 11 heteroatoms. The van der Waals surface area contributed by atoms with E-state index in [0.29, 0.717) is 6.07 Å². The van der Waals surface area contributed by atoms with Crippen molar-refractivity contribution in [2.45, 2.75) is 0 Å². The van der Waals surface area contributed by atoms with Crippen molar-refractivity contribution in [3.63, 3.8) is 0 Å². The minimum Gasteiger partial charge on any atom is -0.530 e. The van der Waals surface area contributed by atoms with Crippen molar-refractivity contribution in [1.82, 2.24) is 0 Å². The third-order valence-corrected chi connectivity index (χ3v) is 4.62. The Balaban J connectivity index is 1.99. The molecule has 0 spiro atoms. The predicted octanol–water partition coefficient (Wildman–Crippen LogP) is 4.87. The van der Waals surface area contributed by atoms with Gasteiger partial charge in [-0.1, -0.05) is 12.1 Å². The fraction of sp³-hybridized carbons (Fsp3) is 0. The SMILES string of the molecule is OB(Oc1c(F)c(F)c(F)c2c(F)c3c(F)cccc3cc12)c1cc(F)cc(F)c1F. The lowest BCUT2D eigenvalue weighted by molar-refractivity contribution is 0.389. The van der Waals surface area contributed by atoms with Crippen LogP contribution >= 0.6 is 0 Å². The Morgan fingerprint density at radius 2 is 1.39 bits per heavy atom. The number of halogens is 8. The zero-order valence-electron chi connectivity index (χ0n) is 14.9. The van der Waals surface area contributed by atoms with Gasteiger partial charge in [-0.15, -0.1) is 0 Å². The van der Waals surface area contributed by atoms with Crippen LogP contribution < -0.4 is 10.1 Å². The Morgan fingerprint density at radius 1 is 0.677 bits per heavy atom. The van der Waals surface area contributed by atoms with E-state index in [-0.39, 0.29) is 11.5 Å². The monoisotopic (exact) mass is 442 g/mol. The Morgan fingerprint density at radius 3 is 2.10 bits per heavy atom. The largest absolute Gasteiger partial charge is 0.563 e. The van der Waals surface area contributed by atoms with Crippen molar-refractivity contribution in [2.75, 3.05) is 0 Å². The second-order valence-corrected chi connectivity index (χ2v) is 6.48. The molecule has 1 N–H and O–H groups in total. The van der Waals surface area contributed by atoms with E-state index in [1.165, 1.54) is 12.1 Å². The van der Waals surface area contributed by atoms with Crippen molar-refractivity contribution in [1.29, 1.82) is 0 Å². The number of benzene rings is 4. The summed E-state index contributed by atoms with van der Waals surface area (Å²) in [7, 11) is -2.60. The molecular formula is C20H7BF8O2. The quantitative estimate of drug-likeness (QED) is 0.161. The molecule has 0 aliphatic rings. The third-order valence-electron chi connectivity index (χ3n) is 4.62. The third kappa shape index (κ3) is 3.25. The molecule has 4 aromatic carbocycles. The topological polar surface area (TPSA) is 29.5 Å². The highest BCUT2D eigenvalue weighted by molar-refractivity contribution is 6.60. The molecule has 0 fully saturated rings. The highest BCUT2D eigenvalue weighted by Crippen LogP contribution is 2.39. The molecule has 0 unspecified atom stereocenters. The number of hydrogen-bond acceptors (Lipinski definition) is 2. The van der Waals surface area contributed by atoms with Crippen LogP contribution in [0.2, 0.25) is 0 Å². The maximum Gasteiger partial charge on any atom is 0.563 e. The average molecular weight is 442 g/mol. The molecule has 0 amide bonds. The maximum atomic E-state index is 14.9. The lowest BCUT2D eigenvalue weighted by Gasteiger charge is -2.16. The summed E-state index contributed by atoms with van der Waals surface area (Å²) in [4.78, 5) is 0. The highest BCUT2D eigenvalue weighted by Gasteiger charge is 2.32. The summed E-state index contributed by atoms with van der Waals surface area (Å²) in [5.74, 6) is -15.0. The van der Waals surface area contributed by atoms with Crippen LogP contribution in [0.1, 0.15) is 0 Å². The van der Waals surface area contributed by atoms with E-state index in [1.54, 1.807) is 0 Å². The predicted molar refractivity (Wildman–Crippen MR) is 95.8 cm³/mol. The Kier molecular flexibility index (Phi) is 5.00. The van der Waals surface area contributed by atoms with Crippen LogP contribution in [0.4, 0.5) is 35.1 Å². The van der Waals surface area contributed by atoms with Crippen LogP contribution in [-0.4, -0.2) is 12.1 Å². The Bertz CT molecular complexity index is 1380. The zero-order chi connectivity index (χ0) is 22.6. The summed E-state index contributed by atoms with van der Waals surface area (Å²) in [6.45, 7) is 0. The van der Waals surface area contributed by atoms with E-state index < -0.39 is 81.0 Å². The summed E-state index contributed by atoms with van der Waals surface area (Å²) in [5.41, 5.74) is -1.12. The molecule has 0 saturated carbocycles. The molecule has 0 radical (unpaired) electrons. The summed E-state index contributed by atoms with van der Waals surface area (Å²) in [6, 6.07) is 4.55. The van der Waals surface area contributed by atoms with E-state index in [1.807, 2.05) is 0 Å². The first kappa shape index (κ1) is 20.9. The van der Waals surface area contributed by atoms with Crippen LogP contribution in [0.3, 0.4) is 0 Å². The van der Waals surface area contributed by atoms with Gasteiger partial charge in [-0.05, 0) is 23.6 Å². The van der Waals surface area contributed by atoms with Gasteiger partial charge in [0.2, 0.25) is 5.82 Å². The maximum absolute atomic E-state index is 14.9. The first-order valence-corrected chi connectivity index (χ1v) is 8.47. The fourth-order valence-corrected chi connectivity index (χ4v) is 3.23. The molecule has 0 bridgehead atoms. The molecule has 2 nitrogen and oxygen atoms in total. The van der Waals surface area contributed by atoms with Gasteiger partial charge in [-0.3, -0.25) is 0 Å². The smallest absolute Gasteiger partial charge is 0.530 e. The second kappa shape index (κ2) is 7.42. The van der Waals surface area contributed by atoms with Gasteiger partial charge >= 0.3 is 7.12 Å². The molecule has 0 heterocycles. The van der Waals surface area contributed by atoms with Gasteiger partial charge in [0.05, 0.1) is 10.8 Å². The molecule has 4 aromatic rings. The number of fused-ring (bicyclic) bond motifs is 2. The average Bonchev–Trinajstić information content (AvgIpc) is 2.71. The van der Waals surface area contributed by atoms with Crippen LogP contribution in [-0.2, 0) is 0 Å². The number of rotatable bonds is 3. The van der Waals surface area contributed by atoms with Gasteiger partial charge in [0, 0.05) is 16.9 Å². The molecule has 158 valence electrons. The van der Waals surface area contributed by atoms with Crippen molar-refractivity contribution in [3.8, 4) is 5.75 Å². The number of hydrogen-bond donors (Lipinski definition) is 1. The van der Waals surface area contributed by atoms with Crippen LogP contribution in [0.5, 0.6) is 5.75 Å². The summed E-state index contributed by atoms with van der Waals surface area (Å²) in [6.07, 6.45) is 0. The van der Waals surface area contributed by atoms with E-state index in [9.17, 15) is 40.1 Å². The first-order valence-electron chi connectivity index (χ1n) is 8.47. The summed E-state index contributed by atoms with van der Waals surface area (Å²) in [5, 5.41) is 7.15. The molecule has 0 aliphatic carbocycles. The van der Waals surface area contributed by atoms with Gasteiger partial charge in [-0.2, -0.15) is 4.39 Å². The van der Waals surface area contributed by atoms with Crippen molar-refractivity contribution in [2.24, 2.45) is 0 Å². The normalized spacial score (nSPS) is 11.4. The van der Waals surface area contributed by atoms with E-state index in [4.69, 9.17) is 4.65 Å². The van der Waals surface area contributed by atoms with Crippen LogP contribution in [0.15, 0.2) is 36.4 Å². The molecule has 0 aliphatic heterocycles. The van der Waals surface area contributed by atoms with Crippen molar-refractivity contribution >= 4 is 34.1 Å². The molecule has 4 rings (SSSR count). The first-order chi connectivity index (χ1) is 14.6. The minimum atomic E-state index is -2.60. The van der Waals surface area contributed by atoms with E-state index >= 15 is 0 Å². The van der Waals surface area contributed by atoms with Gasteiger partial charge in [0.15, 0.2) is 23.3 Å². The zero-order valence-corrected chi connectivity index (χ0v) is 14.9. The molecule has 31 heavy (non-hydrogen) atoms. The van der Waals surface area contributed by atoms with Crippen molar-refractivity contribution in [3.05, 3.63) is 82.9 Å². The highest BCUT2D eigenvalue weighted by atomic mass is 19.2. The fourth-order valence-electron chi connectivity index (χ4n) is 3.23. The lowest BCUT2D eigenvalue weighted by atomic mass is 9.78. The Labute approximate surface area is 168 Å². The second-order valence-electron chi connectivity index (χ2n) is 6.48. The van der Waals surface area contributed by atoms with Crippen LogP contribution in [0, 0.1) is 46.5 Å². The standard InChI is InChI=1S/C20H7BF8O2/c22-8-5-10(15(25)12(24)6-8)21(30)31-20-9-4-7-2-1-3-11(23)13(7)16(26)14(9)17(27)18(28)19(20)29/h1-6,30H.